The van der Waals surface area contributed by atoms with Crippen LogP contribution in [0.5, 0.6) is 0 Å². The molecule has 0 aliphatic heterocycles. The first-order chi connectivity index (χ1) is 9.79. The second-order valence-corrected chi connectivity index (χ2v) is 6.45. The molecule has 1 aliphatic rings. The first-order valence-corrected chi connectivity index (χ1v) is 7.12. The number of carbonyl (C=O) groups excluding carboxylic acids is 2. The number of amides is 2. The smallest absolute Gasteiger partial charge is 0.239 e. The average Bonchev–Trinajstić information content (AvgIpc) is 2.71. The van der Waals surface area contributed by atoms with Crippen LogP contribution in [0.2, 0.25) is 0 Å². The third kappa shape index (κ3) is 3.61. The van der Waals surface area contributed by atoms with Gasteiger partial charge in [0.1, 0.15) is 0 Å². The molecular formula is C16H22N2O3. The Kier molecular flexibility index (Phi) is 4.32. The van der Waals surface area contributed by atoms with Crippen molar-refractivity contribution in [3.8, 4) is 0 Å². The summed E-state index contributed by atoms with van der Waals surface area (Å²) in [6, 6.07) is 7.26. The highest BCUT2D eigenvalue weighted by Crippen LogP contribution is 2.30. The molecule has 1 aromatic rings. The number of hydrogen-bond acceptors (Lipinski definition) is 3. The van der Waals surface area contributed by atoms with Gasteiger partial charge in [-0.3, -0.25) is 9.59 Å². The summed E-state index contributed by atoms with van der Waals surface area (Å²) in [5, 5.41) is 15.5. The molecule has 1 aromatic carbocycles. The molecule has 0 fully saturated rings. The maximum atomic E-state index is 11.9. The first kappa shape index (κ1) is 15.5. The normalized spacial score (nSPS) is 20.8. The summed E-state index contributed by atoms with van der Waals surface area (Å²) in [5.41, 5.74) is 1.47. The van der Waals surface area contributed by atoms with Crippen LogP contribution in [-0.4, -0.2) is 29.6 Å². The number of carbonyl (C=O) groups is 2. The third-order valence-corrected chi connectivity index (χ3v) is 3.61. The molecular weight excluding hydrogens is 268 g/mol. The van der Waals surface area contributed by atoms with E-state index in [2.05, 4.69) is 10.6 Å². The van der Waals surface area contributed by atoms with Crippen LogP contribution in [0, 0.1) is 5.41 Å². The predicted molar refractivity (Wildman–Crippen MR) is 79.5 cm³/mol. The molecule has 1 aliphatic carbocycles. The monoisotopic (exact) mass is 290 g/mol. The molecule has 0 radical (unpaired) electrons. The minimum Gasteiger partial charge on any atom is -0.390 e. The summed E-state index contributed by atoms with van der Waals surface area (Å²) in [4.78, 5) is 23.7. The maximum Gasteiger partial charge on any atom is 0.239 e. The lowest BCUT2D eigenvalue weighted by molar-refractivity contribution is -0.131. The van der Waals surface area contributed by atoms with Crippen molar-refractivity contribution in [2.45, 2.75) is 39.3 Å². The van der Waals surface area contributed by atoms with Gasteiger partial charge >= 0.3 is 0 Å². The zero-order valence-electron chi connectivity index (χ0n) is 12.6. The van der Waals surface area contributed by atoms with Crippen molar-refractivity contribution in [2.24, 2.45) is 5.41 Å². The SMILES string of the molecule is CC(C)(C)C(=O)NCC(=O)N[C@H]1c2ccccc2C[C@H]1O. The molecule has 5 nitrogen and oxygen atoms in total. The number of hydrogen-bond donors (Lipinski definition) is 3. The minimum absolute atomic E-state index is 0.0819. The van der Waals surface area contributed by atoms with Crippen LogP contribution >= 0.6 is 0 Å². The second kappa shape index (κ2) is 5.85. The number of aliphatic hydroxyl groups excluding tert-OH is 1. The largest absolute Gasteiger partial charge is 0.390 e. The molecule has 2 atom stereocenters. The highest BCUT2D eigenvalue weighted by atomic mass is 16.3. The number of nitrogens with one attached hydrogen (secondary N) is 2. The van der Waals surface area contributed by atoms with Crippen molar-refractivity contribution in [1.29, 1.82) is 0 Å². The van der Waals surface area contributed by atoms with Crippen molar-refractivity contribution in [1.82, 2.24) is 10.6 Å². The van der Waals surface area contributed by atoms with E-state index in [1.807, 2.05) is 24.3 Å². The standard InChI is InChI=1S/C16H22N2O3/c1-16(2,3)15(21)17-9-13(20)18-14-11-7-5-4-6-10(11)8-12(14)19/h4-7,12,14,19H,8-9H2,1-3H3,(H,17,21)(H,18,20)/t12-,14+/m1/s1. The summed E-state index contributed by atoms with van der Waals surface area (Å²) >= 11 is 0. The van der Waals surface area contributed by atoms with Crippen LogP contribution in [0.1, 0.15) is 37.9 Å². The van der Waals surface area contributed by atoms with Gasteiger partial charge in [0.15, 0.2) is 0 Å². The quantitative estimate of drug-likeness (QED) is 0.774. The number of rotatable bonds is 3. The Morgan fingerprint density at radius 3 is 2.62 bits per heavy atom. The van der Waals surface area contributed by atoms with Gasteiger partial charge in [-0.2, -0.15) is 0 Å². The van der Waals surface area contributed by atoms with Crippen molar-refractivity contribution < 1.29 is 14.7 Å². The zero-order chi connectivity index (χ0) is 15.6. The highest BCUT2D eigenvalue weighted by Gasteiger charge is 2.32. The van der Waals surface area contributed by atoms with Gasteiger partial charge in [-0.1, -0.05) is 45.0 Å². The molecule has 0 unspecified atom stereocenters. The lowest BCUT2D eigenvalue weighted by Gasteiger charge is -2.20. The fourth-order valence-corrected chi connectivity index (χ4v) is 2.40. The fraction of sp³-hybridized carbons (Fsp3) is 0.500. The Labute approximate surface area is 124 Å². The van der Waals surface area contributed by atoms with Gasteiger partial charge in [0, 0.05) is 11.8 Å². The van der Waals surface area contributed by atoms with Gasteiger partial charge in [-0.05, 0) is 11.1 Å². The van der Waals surface area contributed by atoms with Crippen LogP contribution in [-0.2, 0) is 16.0 Å². The van der Waals surface area contributed by atoms with Gasteiger partial charge < -0.3 is 15.7 Å². The molecule has 0 spiro atoms. The lowest BCUT2D eigenvalue weighted by Crippen LogP contribution is -2.43. The molecule has 0 heterocycles. The average molecular weight is 290 g/mol. The molecule has 0 aromatic heterocycles. The Bertz CT molecular complexity index is 549. The zero-order valence-corrected chi connectivity index (χ0v) is 12.6. The van der Waals surface area contributed by atoms with E-state index >= 15 is 0 Å². The van der Waals surface area contributed by atoms with Crippen LogP contribution < -0.4 is 10.6 Å². The van der Waals surface area contributed by atoms with E-state index in [-0.39, 0.29) is 18.4 Å². The first-order valence-electron chi connectivity index (χ1n) is 7.12. The van der Waals surface area contributed by atoms with E-state index in [0.717, 1.165) is 11.1 Å². The van der Waals surface area contributed by atoms with Gasteiger partial charge in [0.05, 0.1) is 18.7 Å². The molecule has 0 saturated carbocycles. The third-order valence-electron chi connectivity index (χ3n) is 3.61. The van der Waals surface area contributed by atoms with Crippen molar-refractivity contribution in [3.05, 3.63) is 35.4 Å². The fourth-order valence-electron chi connectivity index (χ4n) is 2.40. The molecule has 0 saturated heterocycles. The molecule has 114 valence electrons. The Morgan fingerprint density at radius 1 is 1.29 bits per heavy atom. The highest BCUT2D eigenvalue weighted by molar-refractivity contribution is 5.87. The molecule has 5 heteroatoms. The molecule has 3 N–H and O–H groups in total. The number of aliphatic hydroxyl groups is 1. The van der Waals surface area contributed by atoms with E-state index in [9.17, 15) is 14.7 Å². The van der Waals surface area contributed by atoms with E-state index < -0.39 is 17.6 Å². The van der Waals surface area contributed by atoms with Gasteiger partial charge in [-0.15, -0.1) is 0 Å². The Balaban J connectivity index is 1.93. The lowest BCUT2D eigenvalue weighted by atomic mass is 9.96. The predicted octanol–water partition coefficient (Wildman–Crippen LogP) is 0.923. The van der Waals surface area contributed by atoms with Crippen LogP contribution in [0.25, 0.3) is 0 Å². The van der Waals surface area contributed by atoms with Crippen molar-refractivity contribution >= 4 is 11.8 Å². The summed E-state index contributed by atoms with van der Waals surface area (Å²) in [6.07, 6.45) is -0.0835. The van der Waals surface area contributed by atoms with Crippen molar-refractivity contribution in [3.63, 3.8) is 0 Å². The van der Waals surface area contributed by atoms with E-state index in [0.29, 0.717) is 6.42 Å². The summed E-state index contributed by atoms with van der Waals surface area (Å²) < 4.78 is 0. The number of benzene rings is 1. The summed E-state index contributed by atoms with van der Waals surface area (Å²) in [6.45, 7) is 5.28. The molecule has 2 amide bonds. The van der Waals surface area contributed by atoms with Crippen molar-refractivity contribution in [2.75, 3.05) is 6.54 Å². The molecule has 21 heavy (non-hydrogen) atoms. The van der Waals surface area contributed by atoms with Gasteiger partial charge in [0.2, 0.25) is 11.8 Å². The van der Waals surface area contributed by atoms with E-state index in [4.69, 9.17) is 0 Å². The topological polar surface area (TPSA) is 78.4 Å². The van der Waals surface area contributed by atoms with Crippen LogP contribution in [0.3, 0.4) is 0 Å². The maximum absolute atomic E-state index is 11.9. The molecule has 0 bridgehead atoms. The summed E-state index contributed by atoms with van der Waals surface area (Å²) in [7, 11) is 0. The van der Waals surface area contributed by atoms with Crippen LogP contribution in [0.4, 0.5) is 0 Å². The van der Waals surface area contributed by atoms with Crippen LogP contribution in [0.15, 0.2) is 24.3 Å². The van der Waals surface area contributed by atoms with Gasteiger partial charge in [0.25, 0.3) is 0 Å². The van der Waals surface area contributed by atoms with E-state index in [1.54, 1.807) is 20.8 Å². The number of fused-ring (bicyclic) bond motifs is 1. The minimum atomic E-state index is -0.621. The Morgan fingerprint density at radius 2 is 1.95 bits per heavy atom. The Hall–Kier alpha value is -1.88. The second-order valence-electron chi connectivity index (χ2n) is 6.45. The van der Waals surface area contributed by atoms with E-state index in [1.165, 1.54) is 0 Å². The molecule has 2 rings (SSSR count). The summed E-state index contributed by atoms with van der Waals surface area (Å²) in [5.74, 6) is -0.474. The van der Waals surface area contributed by atoms with Gasteiger partial charge in [-0.25, -0.2) is 0 Å².